The molecule has 2 aromatic heterocycles. The lowest BCUT2D eigenvalue weighted by Crippen LogP contribution is -2.05. The van der Waals surface area contributed by atoms with Crippen molar-refractivity contribution < 1.29 is 9.45 Å². The highest BCUT2D eigenvalue weighted by molar-refractivity contribution is 5.56. The lowest BCUT2D eigenvalue weighted by molar-refractivity contribution is -0.388. The van der Waals surface area contributed by atoms with Crippen LogP contribution in [0.1, 0.15) is 17.0 Å². The number of nitrogens with zero attached hydrogens (tertiary/aromatic N) is 3. The first-order valence-corrected chi connectivity index (χ1v) is 5.34. The summed E-state index contributed by atoms with van der Waals surface area (Å²) in [6.45, 7) is 4.04. The van der Waals surface area contributed by atoms with Crippen molar-refractivity contribution in [1.82, 2.24) is 10.1 Å². The summed E-state index contributed by atoms with van der Waals surface area (Å²) in [4.78, 5) is 14.0. The maximum absolute atomic E-state index is 10.8. The van der Waals surface area contributed by atoms with Crippen molar-refractivity contribution in [3.63, 3.8) is 0 Å². The summed E-state index contributed by atoms with van der Waals surface area (Å²) in [5, 5.41) is 17.6. The lowest BCUT2D eigenvalue weighted by Gasteiger charge is -2.05. The predicted octanol–water partition coefficient (Wildman–Crippen LogP) is 2.21. The van der Waals surface area contributed by atoms with Crippen LogP contribution < -0.4 is 5.32 Å². The number of nitro groups is 1. The Labute approximate surface area is 103 Å². The molecule has 94 valence electrons. The average Bonchev–Trinajstić information content (AvgIpc) is 2.67. The zero-order valence-corrected chi connectivity index (χ0v) is 10.0. The summed E-state index contributed by atoms with van der Waals surface area (Å²) >= 11 is 0. The largest absolute Gasteiger partial charge is 0.386 e. The van der Waals surface area contributed by atoms with E-state index in [4.69, 9.17) is 4.52 Å². The number of aromatic nitrogens is 2. The van der Waals surface area contributed by atoms with Gasteiger partial charge in [-0.05, 0) is 35.9 Å². The highest BCUT2D eigenvalue weighted by Gasteiger charge is 2.15. The van der Waals surface area contributed by atoms with Gasteiger partial charge in [0.25, 0.3) is 0 Å². The molecule has 0 bridgehead atoms. The number of aryl methyl sites for hydroxylation is 2. The van der Waals surface area contributed by atoms with Crippen molar-refractivity contribution in [2.24, 2.45) is 0 Å². The number of hydrogen-bond acceptors (Lipinski definition) is 6. The molecule has 0 spiro atoms. The second-order valence-electron chi connectivity index (χ2n) is 3.79. The molecule has 18 heavy (non-hydrogen) atoms. The van der Waals surface area contributed by atoms with Gasteiger partial charge in [0.2, 0.25) is 0 Å². The van der Waals surface area contributed by atoms with Crippen molar-refractivity contribution in [3.05, 3.63) is 45.5 Å². The average molecular weight is 248 g/mol. The van der Waals surface area contributed by atoms with E-state index in [1.807, 2.05) is 6.92 Å². The zero-order valence-electron chi connectivity index (χ0n) is 10.0. The quantitative estimate of drug-likeness (QED) is 0.658. The van der Waals surface area contributed by atoms with Gasteiger partial charge in [-0.2, -0.15) is 0 Å². The van der Waals surface area contributed by atoms with Crippen LogP contribution >= 0.6 is 0 Å². The minimum Gasteiger partial charge on any atom is -0.374 e. The van der Waals surface area contributed by atoms with E-state index >= 15 is 0 Å². The first-order valence-electron chi connectivity index (χ1n) is 5.34. The van der Waals surface area contributed by atoms with Crippen molar-refractivity contribution in [2.75, 3.05) is 5.32 Å². The van der Waals surface area contributed by atoms with Crippen LogP contribution in [0.4, 0.5) is 11.5 Å². The molecule has 7 nitrogen and oxygen atoms in total. The van der Waals surface area contributed by atoms with Crippen LogP contribution in [0, 0.1) is 24.0 Å². The van der Waals surface area contributed by atoms with Crippen molar-refractivity contribution in [1.29, 1.82) is 0 Å². The van der Waals surface area contributed by atoms with Gasteiger partial charge in [0.05, 0.1) is 5.69 Å². The predicted molar refractivity (Wildman–Crippen MR) is 64.2 cm³/mol. The third kappa shape index (κ3) is 2.29. The Morgan fingerprint density at radius 2 is 2.28 bits per heavy atom. The fourth-order valence-electron chi connectivity index (χ4n) is 1.62. The van der Waals surface area contributed by atoms with E-state index in [-0.39, 0.29) is 5.82 Å². The lowest BCUT2D eigenvalue weighted by atomic mass is 10.2. The Morgan fingerprint density at radius 1 is 1.50 bits per heavy atom. The van der Waals surface area contributed by atoms with Crippen LogP contribution in [0.2, 0.25) is 0 Å². The van der Waals surface area contributed by atoms with E-state index in [1.165, 1.54) is 6.20 Å². The van der Waals surface area contributed by atoms with Crippen molar-refractivity contribution >= 4 is 11.5 Å². The van der Waals surface area contributed by atoms with Crippen LogP contribution in [0.3, 0.4) is 0 Å². The van der Waals surface area contributed by atoms with Gasteiger partial charge < -0.3 is 20.0 Å². The molecule has 0 amide bonds. The van der Waals surface area contributed by atoms with Gasteiger partial charge in [0.15, 0.2) is 0 Å². The van der Waals surface area contributed by atoms with Crippen LogP contribution in [0.15, 0.2) is 22.9 Å². The molecule has 0 aliphatic heterocycles. The minimum absolute atomic E-state index is 0.190. The van der Waals surface area contributed by atoms with Gasteiger partial charge in [-0.15, -0.1) is 0 Å². The molecule has 0 aliphatic rings. The van der Waals surface area contributed by atoms with Crippen LogP contribution in [0.5, 0.6) is 0 Å². The molecule has 0 atom stereocenters. The van der Waals surface area contributed by atoms with E-state index in [1.54, 1.807) is 19.1 Å². The van der Waals surface area contributed by atoms with Crippen LogP contribution in [-0.2, 0) is 6.54 Å². The molecule has 0 aliphatic carbocycles. The van der Waals surface area contributed by atoms with Crippen LogP contribution in [0.25, 0.3) is 0 Å². The normalized spacial score (nSPS) is 10.3. The van der Waals surface area contributed by atoms with Gasteiger partial charge in [-0.25, -0.2) is 0 Å². The summed E-state index contributed by atoms with van der Waals surface area (Å²) in [7, 11) is 0. The molecule has 1 N–H and O–H groups in total. The second kappa shape index (κ2) is 4.82. The first-order chi connectivity index (χ1) is 8.59. The van der Waals surface area contributed by atoms with E-state index in [2.05, 4.69) is 15.5 Å². The monoisotopic (exact) mass is 248 g/mol. The smallest absolute Gasteiger partial charge is 0.374 e. The summed E-state index contributed by atoms with van der Waals surface area (Å²) in [5.74, 6) is 0.510. The van der Waals surface area contributed by atoms with E-state index < -0.39 is 4.92 Å². The summed E-state index contributed by atoms with van der Waals surface area (Å²) in [5.41, 5.74) is 2.04. The Morgan fingerprint density at radius 3 is 2.89 bits per heavy atom. The number of nitrogens with one attached hydrogen (secondary N) is 1. The molecule has 0 saturated heterocycles. The molecular weight excluding hydrogens is 236 g/mol. The number of anilines is 1. The first kappa shape index (κ1) is 12.0. The molecule has 0 unspecified atom stereocenters. The van der Waals surface area contributed by atoms with Gasteiger partial charge in [-0.1, -0.05) is 5.16 Å². The third-order valence-electron chi connectivity index (χ3n) is 2.60. The molecule has 0 fully saturated rings. The summed E-state index contributed by atoms with van der Waals surface area (Å²) in [6.07, 6.45) is 1.39. The van der Waals surface area contributed by atoms with E-state index in [0.717, 1.165) is 11.3 Å². The zero-order chi connectivity index (χ0) is 13.1. The number of pyridine rings is 1. The molecule has 0 saturated carbocycles. The highest BCUT2D eigenvalue weighted by Crippen LogP contribution is 2.22. The van der Waals surface area contributed by atoms with Crippen molar-refractivity contribution in [2.45, 2.75) is 20.4 Å². The highest BCUT2D eigenvalue weighted by atomic mass is 16.6. The standard InChI is InChI=1S/C11H12N4O3/c1-7-9(8(2)18-14-7)6-13-10-4-3-5-12-11(10)15(16)17/h3-5,13H,6H2,1-2H3. The van der Waals surface area contributed by atoms with E-state index in [9.17, 15) is 10.1 Å². The molecule has 2 rings (SSSR count). The summed E-state index contributed by atoms with van der Waals surface area (Å²) < 4.78 is 5.02. The molecular formula is C11H12N4O3. The minimum atomic E-state index is -0.518. The molecule has 2 aromatic rings. The topological polar surface area (TPSA) is 94.1 Å². The number of hydrogen-bond donors (Lipinski definition) is 1. The van der Waals surface area contributed by atoms with Gasteiger partial charge in [0, 0.05) is 12.1 Å². The maximum atomic E-state index is 10.8. The SMILES string of the molecule is Cc1noc(C)c1CNc1cccnc1[N+](=O)[O-]. The van der Waals surface area contributed by atoms with Gasteiger partial charge in [-0.3, -0.25) is 0 Å². The van der Waals surface area contributed by atoms with Crippen LogP contribution in [-0.4, -0.2) is 15.1 Å². The molecule has 7 heteroatoms. The Hall–Kier alpha value is -2.44. The Bertz CT molecular complexity index is 560. The third-order valence-corrected chi connectivity index (χ3v) is 2.60. The maximum Gasteiger partial charge on any atom is 0.386 e. The molecule has 0 radical (unpaired) electrons. The number of rotatable bonds is 4. The molecule has 2 heterocycles. The van der Waals surface area contributed by atoms with Gasteiger partial charge >= 0.3 is 5.82 Å². The van der Waals surface area contributed by atoms with Gasteiger partial charge in [0.1, 0.15) is 17.6 Å². The fourth-order valence-corrected chi connectivity index (χ4v) is 1.62. The Balaban J connectivity index is 2.18. The van der Waals surface area contributed by atoms with Crippen molar-refractivity contribution in [3.8, 4) is 0 Å². The summed E-state index contributed by atoms with van der Waals surface area (Å²) in [6, 6.07) is 3.26. The molecule has 0 aromatic carbocycles. The fraction of sp³-hybridized carbons (Fsp3) is 0.273. The Kier molecular flexibility index (Phi) is 3.22. The van der Waals surface area contributed by atoms with E-state index in [0.29, 0.717) is 18.0 Å². The second-order valence-corrected chi connectivity index (χ2v) is 3.79.